The Balaban J connectivity index is 2.21. The fourth-order valence-electron chi connectivity index (χ4n) is 2.35. The predicted octanol–water partition coefficient (Wildman–Crippen LogP) is -0.587. The molecular formula is C9H13NO3. The minimum absolute atomic E-state index is 0.0417. The maximum Gasteiger partial charge on any atom is 0.231 e. The molecule has 2 heterocycles. The molecule has 0 radical (unpaired) electrons. The molecule has 13 heavy (non-hydrogen) atoms. The van der Waals surface area contributed by atoms with Crippen LogP contribution < -0.4 is 0 Å². The first-order valence-corrected chi connectivity index (χ1v) is 4.55. The van der Waals surface area contributed by atoms with Crippen molar-refractivity contribution < 1.29 is 14.7 Å². The summed E-state index contributed by atoms with van der Waals surface area (Å²) in [7, 11) is 0. The van der Waals surface area contributed by atoms with Gasteiger partial charge in [0.1, 0.15) is 0 Å². The summed E-state index contributed by atoms with van der Waals surface area (Å²) < 4.78 is 0. The second kappa shape index (κ2) is 2.54. The third-order valence-electron chi connectivity index (χ3n) is 3.16. The summed E-state index contributed by atoms with van der Waals surface area (Å²) in [6, 6.07) is -0.0417. The minimum Gasteiger partial charge on any atom is -0.393 e. The fourth-order valence-corrected chi connectivity index (χ4v) is 2.35. The summed E-state index contributed by atoms with van der Waals surface area (Å²) >= 11 is 0. The number of ketones is 1. The van der Waals surface area contributed by atoms with Gasteiger partial charge in [0.25, 0.3) is 0 Å². The van der Waals surface area contributed by atoms with Crippen LogP contribution in [0.15, 0.2) is 0 Å². The molecule has 0 unspecified atom stereocenters. The lowest BCUT2D eigenvalue weighted by molar-refractivity contribution is -0.161. The lowest BCUT2D eigenvalue weighted by Crippen LogP contribution is -2.62. The molecular weight excluding hydrogens is 170 g/mol. The van der Waals surface area contributed by atoms with Gasteiger partial charge in [-0.05, 0) is 6.92 Å². The number of rotatable bonds is 1. The number of Topliss-reactive ketones (excluding diaryl/α,β-unsaturated/α-hetero) is 1. The summed E-state index contributed by atoms with van der Waals surface area (Å²) in [5.41, 5.74) is 0. The number of hydrogen-bond donors (Lipinski definition) is 1. The van der Waals surface area contributed by atoms with E-state index in [0.717, 1.165) is 0 Å². The molecule has 1 amide bonds. The van der Waals surface area contributed by atoms with Crippen molar-refractivity contribution in [1.29, 1.82) is 0 Å². The zero-order valence-corrected chi connectivity index (χ0v) is 7.73. The number of amides is 1. The van der Waals surface area contributed by atoms with Crippen LogP contribution in [-0.2, 0) is 9.59 Å². The highest BCUT2D eigenvalue weighted by Crippen LogP contribution is 2.39. The van der Waals surface area contributed by atoms with E-state index >= 15 is 0 Å². The standard InChI is InChI=1S/C9H13NO3/c1-4-6(12)3-10-8(4)7(5(2)11)9(10)13/h4-5,7-8,11H,3H2,1-2H3/t4-,5+,7+,8+/m0/s1. The van der Waals surface area contributed by atoms with Gasteiger partial charge in [0.05, 0.1) is 24.6 Å². The van der Waals surface area contributed by atoms with Gasteiger partial charge in [-0.15, -0.1) is 0 Å². The zero-order valence-electron chi connectivity index (χ0n) is 7.73. The Morgan fingerprint density at radius 2 is 2.15 bits per heavy atom. The Morgan fingerprint density at radius 3 is 2.69 bits per heavy atom. The average Bonchev–Trinajstić information content (AvgIpc) is 2.28. The second-order valence-electron chi connectivity index (χ2n) is 3.98. The number of β-lactam (4-membered cyclic amide) rings is 1. The van der Waals surface area contributed by atoms with E-state index in [2.05, 4.69) is 0 Å². The van der Waals surface area contributed by atoms with E-state index < -0.39 is 6.10 Å². The van der Waals surface area contributed by atoms with Crippen LogP contribution in [0.4, 0.5) is 0 Å². The highest BCUT2D eigenvalue weighted by Gasteiger charge is 2.57. The molecule has 0 aromatic heterocycles. The molecule has 0 aromatic rings. The fraction of sp³-hybridized carbons (Fsp3) is 0.778. The molecule has 2 saturated heterocycles. The molecule has 4 nitrogen and oxygen atoms in total. The van der Waals surface area contributed by atoms with Crippen molar-refractivity contribution in [2.75, 3.05) is 6.54 Å². The summed E-state index contributed by atoms with van der Waals surface area (Å²) in [5.74, 6) is -0.405. The number of carbonyl (C=O) groups is 2. The third-order valence-corrected chi connectivity index (χ3v) is 3.16. The first-order valence-electron chi connectivity index (χ1n) is 4.55. The third kappa shape index (κ3) is 0.950. The highest BCUT2D eigenvalue weighted by atomic mass is 16.3. The van der Waals surface area contributed by atoms with E-state index in [4.69, 9.17) is 0 Å². The summed E-state index contributed by atoms with van der Waals surface area (Å²) in [5, 5.41) is 9.33. The van der Waals surface area contributed by atoms with Gasteiger partial charge in [0.2, 0.25) is 5.91 Å². The van der Waals surface area contributed by atoms with Crippen molar-refractivity contribution >= 4 is 11.7 Å². The molecule has 0 bridgehead atoms. The number of aliphatic hydroxyl groups is 1. The lowest BCUT2D eigenvalue weighted by atomic mass is 9.79. The van der Waals surface area contributed by atoms with Crippen molar-refractivity contribution in [3.8, 4) is 0 Å². The molecule has 4 atom stereocenters. The Bertz CT molecular complexity index is 274. The largest absolute Gasteiger partial charge is 0.393 e. The van der Waals surface area contributed by atoms with E-state index in [-0.39, 0.29) is 36.1 Å². The maximum atomic E-state index is 11.4. The highest BCUT2D eigenvalue weighted by molar-refractivity contribution is 5.98. The van der Waals surface area contributed by atoms with Gasteiger partial charge >= 0.3 is 0 Å². The second-order valence-corrected chi connectivity index (χ2v) is 3.98. The van der Waals surface area contributed by atoms with Gasteiger partial charge in [0, 0.05) is 5.92 Å². The molecule has 0 aliphatic carbocycles. The quantitative estimate of drug-likeness (QED) is 0.553. The first-order chi connectivity index (χ1) is 6.04. The van der Waals surface area contributed by atoms with E-state index in [1.54, 1.807) is 11.8 Å². The molecule has 4 heteroatoms. The van der Waals surface area contributed by atoms with Crippen LogP contribution in [-0.4, -0.2) is 40.4 Å². The zero-order chi connectivity index (χ0) is 9.75. The molecule has 0 spiro atoms. The Kier molecular flexibility index (Phi) is 1.70. The molecule has 0 aromatic carbocycles. The number of fused-ring (bicyclic) bond motifs is 1. The molecule has 2 rings (SSSR count). The molecule has 2 fully saturated rings. The van der Waals surface area contributed by atoms with Gasteiger partial charge in [-0.25, -0.2) is 0 Å². The Labute approximate surface area is 76.5 Å². The van der Waals surface area contributed by atoms with Crippen molar-refractivity contribution in [1.82, 2.24) is 4.90 Å². The van der Waals surface area contributed by atoms with Crippen LogP contribution in [0.2, 0.25) is 0 Å². The maximum absolute atomic E-state index is 11.4. The van der Waals surface area contributed by atoms with Crippen LogP contribution in [0.1, 0.15) is 13.8 Å². The average molecular weight is 183 g/mol. The monoisotopic (exact) mass is 183 g/mol. The number of aliphatic hydroxyl groups excluding tert-OH is 1. The summed E-state index contributed by atoms with van der Waals surface area (Å²) in [6.07, 6.45) is -0.637. The van der Waals surface area contributed by atoms with Gasteiger partial charge in [-0.3, -0.25) is 9.59 Å². The lowest BCUT2D eigenvalue weighted by Gasteiger charge is -2.44. The van der Waals surface area contributed by atoms with E-state index in [1.165, 1.54) is 0 Å². The molecule has 2 aliphatic heterocycles. The van der Waals surface area contributed by atoms with Gasteiger partial charge < -0.3 is 10.0 Å². The topological polar surface area (TPSA) is 57.6 Å². The SMILES string of the molecule is C[C@@H](O)[C@H]1C(=O)N2CC(=O)[C@H](C)[C@H]12. The predicted molar refractivity (Wildman–Crippen MR) is 44.8 cm³/mol. The van der Waals surface area contributed by atoms with E-state index in [1.807, 2.05) is 6.92 Å². The summed E-state index contributed by atoms with van der Waals surface area (Å²) in [6.45, 7) is 3.68. The van der Waals surface area contributed by atoms with Crippen molar-refractivity contribution in [3.05, 3.63) is 0 Å². The minimum atomic E-state index is -0.637. The smallest absolute Gasteiger partial charge is 0.231 e. The van der Waals surface area contributed by atoms with E-state index in [0.29, 0.717) is 0 Å². The Morgan fingerprint density at radius 1 is 1.54 bits per heavy atom. The summed E-state index contributed by atoms with van der Waals surface area (Å²) in [4.78, 5) is 24.2. The van der Waals surface area contributed by atoms with Crippen LogP contribution in [0.3, 0.4) is 0 Å². The number of nitrogens with zero attached hydrogens (tertiary/aromatic N) is 1. The molecule has 0 saturated carbocycles. The molecule has 2 aliphatic rings. The Hall–Kier alpha value is -0.900. The van der Waals surface area contributed by atoms with E-state index in [9.17, 15) is 14.7 Å². The van der Waals surface area contributed by atoms with Crippen LogP contribution in [0.25, 0.3) is 0 Å². The van der Waals surface area contributed by atoms with Crippen molar-refractivity contribution in [2.24, 2.45) is 11.8 Å². The van der Waals surface area contributed by atoms with Gasteiger partial charge in [-0.2, -0.15) is 0 Å². The first kappa shape index (κ1) is 8.69. The molecule has 1 N–H and O–H groups in total. The van der Waals surface area contributed by atoms with Crippen LogP contribution >= 0.6 is 0 Å². The number of carbonyl (C=O) groups excluding carboxylic acids is 2. The van der Waals surface area contributed by atoms with Crippen LogP contribution in [0, 0.1) is 11.8 Å². The molecule has 72 valence electrons. The number of hydrogen-bond acceptors (Lipinski definition) is 3. The van der Waals surface area contributed by atoms with Crippen LogP contribution in [0.5, 0.6) is 0 Å². The van der Waals surface area contributed by atoms with Crippen molar-refractivity contribution in [3.63, 3.8) is 0 Å². The van der Waals surface area contributed by atoms with Crippen molar-refractivity contribution in [2.45, 2.75) is 26.0 Å². The normalized spacial score (nSPS) is 40.2. The van der Waals surface area contributed by atoms with Gasteiger partial charge in [0.15, 0.2) is 5.78 Å². The van der Waals surface area contributed by atoms with Gasteiger partial charge in [-0.1, -0.05) is 6.92 Å².